The van der Waals surface area contributed by atoms with Gasteiger partial charge in [0.2, 0.25) is 5.91 Å². The number of carbonyl (C=O) groups is 2. The summed E-state index contributed by atoms with van der Waals surface area (Å²) in [5.41, 5.74) is 4.59. The van der Waals surface area contributed by atoms with E-state index in [0.717, 1.165) is 0 Å². The number of nitrogens with one attached hydrogen (secondary N) is 1. The molecule has 18 heavy (non-hydrogen) atoms. The number of alkyl carbamates (subject to hydrolysis) is 1. The van der Waals surface area contributed by atoms with E-state index < -0.39 is 23.6 Å². The van der Waals surface area contributed by atoms with Crippen molar-refractivity contribution in [2.45, 2.75) is 58.8 Å². The lowest BCUT2D eigenvalue weighted by atomic mass is 10.2. The monoisotopic (exact) mass is 260 g/mol. The third-order valence-electron chi connectivity index (χ3n) is 1.89. The Hall–Kier alpha value is -1.30. The van der Waals surface area contributed by atoms with Gasteiger partial charge in [0.05, 0.1) is 6.10 Å². The second-order valence-electron chi connectivity index (χ2n) is 5.31. The fourth-order valence-corrected chi connectivity index (χ4v) is 1.16. The highest BCUT2D eigenvalue weighted by molar-refractivity contribution is 5.84. The van der Waals surface area contributed by atoms with E-state index in [9.17, 15) is 9.59 Å². The quantitative estimate of drug-likeness (QED) is 0.750. The van der Waals surface area contributed by atoms with Crippen molar-refractivity contribution in [3.63, 3.8) is 0 Å². The van der Waals surface area contributed by atoms with Crippen molar-refractivity contribution >= 4 is 12.0 Å². The molecular formula is C12H24N2O4. The molecule has 0 saturated carbocycles. The first-order valence-corrected chi connectivity index (χ1v) is 6.02. The summed E-state index contributed by atoms with van der Waals surface area (Å²) in [6, 6.07) is -0.779. The summed E-state index contributed by atoms with van der Waals surface area (Å²) in [7, 11) is 0. The molecule has 0 heterocycles. The van der Waals surface area contributed by atoms with Crippen LogP contribution in [0.15, 0.2) is 0 Å². The Morgan fingerprint density at radius 1 is 1.28 bits per heavy atom. The molecular weight excluding hydrogens is 236 g/mol. The number of amides is 2. The van der Waals surface area contributed by atoms with E-state index in [0.29, 0.717) is 13.0 Å². The second kappa shape index (κ2) is 7.20. The van der Waals surface area contributed by atoms with Crippen molar-refractivity contribution in [1.29, 1.82) is 0 Å². The zero-order valence-electron chi connectivity index (χ0n) is 11.8. The maximum absolute atomic E-state index is 11.5. The smallest absolute Gasteiger partial charge is 0.408 e. The lowest BCUT2D eigenvalue weighted by Crippen LogP contribution is -2.46. The Kier molecular flexibility index (Phi) is 6.68. The zero-order chi connectivity index (χ0) is 14.3. The van der Waals surface area contributed by atoms with Crippen molar-refractivity contribution in [2.75, 3.05) is 6.61 Å². The van der Waals surface area contributed by atoms with Crippen LogP contribution < -0.4 is 11.1 Å². The summed E-state index contributed by atoms with van der Waals surface area (Å²) < 4.78 is 10.4. The average molecular weight is 260 g/mol. The van der Waals surface area contributed by atoms with E-state index >= 15 is 0 Å². The molecule has 6 heteroatoms. The lowest BCUT2D eigenvalue weighted by Gasteiger charge is -2.22. The minimum Gasteiger partial charge on any atom is -0.444 e. The number of ether oxygens (including phenoxy) is 2. The highest BCUT2D eigenvalue weighted by Gasteiger charge is 2.22. The average Bonchev–Trinajstić information content (AvgIpc) is 2.12. The molecule has 0 bridgehead atoms. The van der Waals surface area contributed by atoms with Crippen LogP contribution in [0, 0.1) is 0 Å². The van der Waals surface area contributed by atoms with Gasteiger partial charge >= 0.3 is 6.09 Å². The second-order valence-corrected chi connectivity index (χ2v) is 5.31. The van der Waals surface area contributed by atoms with Crippen LogP contribution in [-0.2, 0) is 14.3 Å². The van der Waals surface area contributed by atoms with Crippen molar-refractivity contribution in [2.24, 2.45) is 5.73 Å². The van der Waals surface area contributed by atoms with Crippen LogP contribution in [0.3, 0.4) is 0 Å². The molecule has 0 rings (SSSR count). The molecule has 3 N–H and O–H groups in total. The highest BCUT2D eigenvalue weighted by atomic mass is 16.6. The summed E-state index contributed by atoms with van der Waals surface area (Å²) in [6.07, 6.45) is -0.261. The first-order valence-electron chi connectivity index (χ1n) is 6.02. The summed E-state index contributed by atoms with van der Waals surface area (Å²) in [4.78, 5) is 22.7. The molecule has 0 fully saturated rings. The number of carbonyl (C=O) groups excluding carboxylic acids is 2. The van der Waals surface area contributed by atoms with Crippen molar-refractivity contribution in [1.82, 2.24) is 5.32 Å². The van der Waals surface area contributed by atoms with Crippen LogP contribution in [0.1, 0.15) is 41.0 Å². The van der Waals surface area contributed by atoms with Gasteiger partial charge in [0.15, 0.2) is 0 Å². The summed E-state index contributed by atoms with van der Waals surface area (Å²) in [5.74, 6) is -0.604. The van der Waals surface area contributed by atoms with E-state index in [1.165, 1.54) is 0 Å². The molecule has 0 aliphatic rings. The molecule has 0 unspecified atom stereocenters. The molecule has 1 atom stereocenters. The Bertz CT molecular complexity index is 284. The number of rotatable bonds is 6. The molecule has 0 radical (unpaired) electrons. The number of hydrogen-bond donors (Lipinski definition) is 2. The fourth-order valence-electron chi connectivity index (χ4n) is 1.16. The Morgan fingerprint density at radius 3 is 2.22 bits per heavy atom. The molecule has 0 aliphatic heterocycles. The van der Waals surface area contributed by atoms with E-state index in [-0.39, 0.29) is 6.10 Å². The first-order chi connectivity index (χ1) is 8.11. The first kappa shape index (κ1) is 16.7. The SMILES string of the molecule is CC(C)OCC[C@@H](NC(=O)OC(C)(C)C)C(N)=O. The zero-order valence-corrected chi connectivity index (χ0v) is 11.8. The number of hydrogen-bond acceptors (Lipinski definition) is 4. The number of nitrogens with two attached hydrogens (primary N) is 1. The molecule has 0 aromatic carbocycles. The largest absolute Gasteiger partial charge is 0.444 e. The lowest BCUT2D eigenvalue weighted by molar-refractivity contribution is -0.120. The third-order valence-corrected chi connectivity index (χ3v) is 1.89. The van der Waals surface area contributed by atoms with Gasteiger partial charge in [-0.3, -0.25) is 4.79 Å². The van der Waals surface area contributed by atoms with Crippen molar-refractivity contribution < 1.29 is 19.1 Å². The third kappa shape index (κ3) is 8.81. The van der Waals surface area contributed by atoms with Gasteiger partial charge in [0, 0.05) is 13.0 Å². The van der Waals surface area contributed by atoms with Gasteiger partial charge < -0.3 is 20.5 Å². The molecule has 6 nitrogen and oxygen atoms in total. The maximum Gasteiger partial charge on any atom is 0.408 e. The topological polar surface area (TPSA) is 90.7 Å². The van der Waals surface area contributed by atoms with E-state index in [4.69, 9.17) is 15.2 Å². The Labute approximate surface area is 108 Å². The molecule has 0 aromatic heterocycles. The molecule has 0 spiro atoms. The van der Waals surface area contributed by atoms with Gasteiger partial charge in [0.25, 0.3) is 0 Å². The molecule has 0 saturated heterocycles. The molecule has 106 valence electrons. The fraction of sp³-hybridized carbons (Fsp3) is 0.833. The van der Waals surface area contributed by atoms with Gasteiger partial charge in [-0.1, -0.05) is 0 Å². The maximum atomic E-state index is 11.5. The predicted molar refractivity (Wildman–Crippen MR) is 68.1 cm³/mol. The van der Waals surface area contributed by atoms with E-state index in [2.05, 4.69) is 5.32 Å². The minimum atomic E-state index is -0.779. The number of primary amides is 1. The highest BCUT2D eigenvalue weighted by Crippen LogP contribution is 2.07. The van der Waals surface area contributed by atoms with Crippen LogP contribution in [-0.4, -0.2) is 36.4 Å². The van der Waals surface area contributed by atoms with Crippen LogP contribution in [0.4, 0.5) is 4.79 Å². The van der Waals surface area contributed by atoms with Crippen molar-refractivity contribution in [3.05, 3.63) is 0 Å². The summed E-state index contributed by atoms with van der Waals surface area (Å²) in [6.45, 7) is 9.36. The Morgan fingerprint density at radius 2 is 1.83 bits per heavy atom. The van der Waals surface area contributed by atoms with Gasteiger partial charge in [-0.15, -0.1) is 0 Å². The van der Waals surface area contributed by atoms with Gasteiger partial charge in [-0.2, -0.15) is 0 Å². The van der Waals surface area contributed by atoms with Gasteiger partial charge in [0.1, 0.15) is 11.6 Å². The van der Waals surface area contributed by atoms with Crippen LogP contribution in [0.5, 0.6) is 0 Å². The van der Waals surface area contributed by atoms with Crippen LogP contribution in [0.2, 0.25) is 0 Å². The van der Waals surface area contributed by atoms with Gasteiger partial charge in [-0.05, 0) is 34.6 Å². The molecule has 2 amide bonds. The molecule has 0 aromatic rings. The molecule has 0 aliphatic carbocycles. The van der Waals surface area contributed by atoms with E-state index in [1.54, 1.807) is 20.8 Å². The normalized spacial score (nSPS) is 13.2. The summed E-state index contributed by atoms with van der Waals surface area (Å²) >= 11 is 0. The van der Waals surface area contributed by atoms with Crippen molar-refractivity contribution in [3.8, 4) is 0 Å². The minimum absolute atomic E-state index is 0.0695. The summed E-state index contributed by atoms with van der Waals surface area (Å²) in [5, 5.41) is 2.43. The van der Waals surface area contributed by atoms with E-state index in [1.807, 2.05) is 13.8 Å². The predicted octanol–water partition coefficient (Wildman–Crippen LogP) is 1.18. The van der Waals surface area contributed by atoms with Crippen LogP contribution in [0.25, 0.3) is 0 Å². The van der Waals surface area contributed by atoms with Crippen LogP contribution >= 0.6 is 0 Å². The van der Waals surface area contributed by atoms with Gasteiger partial charge in [-0.25, -0.2) is 4.79 Å². The standard InChI is InChI=1S/C12H24N2O4/c1-8(2)17-7-6-9(10(13)15)14-11(16)18-12(3,4)5/h8-9H,6-7H2,1-5H3,(H2,13,15)(H,14,16)/t9-/m1/s1. The Balaban J connectivity index is 4.19.